The number of hydrogen-bond acceptors (Lipinski definition) is 4. The van der Waals surface area contributed by atoms with Crippen molar-refractivity contribution in [3.05, 3.63) is 10.6 Å². The molecule has 0 aliphatic heterocycles. The zero-order chi connectivity index (χ0) is 13.3. The van der Waals surface area contributed by atoms with Crippen LogP contribution in [0.25, 0.3) is 0 Å². The van der Waals surface area contributed by atoms with Crippen molar-refractivity contribution in [3.8, 4) is 0 Å². The van der Waals surface area contributed by atoms with E-state index in [0.717, 1.165) is 12.1 Å². The van der Waals surface area contributed by atoms with Crippen LogP contribution in [0.3, 0.4) is 0 Å². The van der Waals surface area contributed by atoms with E-state index in [1.165, 1.54) is 30.6 Å². The molecule has 1 aromatic heterocycles. The molecule has 1 unspecified atom stereocenters. The molecular formula is C13H21N3OS. The van der Waals surface area contributed by atoms with E-state index in [9.17, 15) is 4.79 Å². The Morgan fingerprint density at radius 3 is 2.78 bits per heavy atom. The fraction of sp³-hybridized carbons (Fsp3) is 0.692. The fourth-order valence-electron chi connectivity index (χ4n) is 2.61. The Bertz CT molecular complexity index is 453. The normalized spacial score (nSPS) is 22.7. The number of aryl methyl sites for hydroxylation is 1. The second-order valence-electron chi connectivity index (χ2n) is 5.73. The van der Waals surface area contributed by atoms with Gasteiger partial charge in [-0.05, 0) is 25.2 Å². The van der Waals surface area contributed by atoms with Crippen molar-refractivity contribution in [1.82, 2.24) is 10.3 Å². The lowest BCUT2D eigenvalue weighted by atomic mass is 9.73. The second-order valence-corrected chi connectivity index (χ2v) is 6.76. The summed E-state index contributed by atoms with van der Waals surface area (Å²) in [6, 6.07) is 0.251. The van der Waals surface area contributed by atoms with Crippen LogP contribution in [-0.2, 0) is 0 Å². The van der Waals surface area contributed by atoms with Crippen molar-refractivity contribution in [2.24, 2.45) is 5.41 Å². The molecule has 0 spiro atoms. The lowest BCUT2D eigenvalue weighted by molar-refractivity contribution is 0.0857. The van der Waals surface area contributed by atoms with Gasteiger partial charge in [0.25, 0.3) is 5.91 Å². The first-order valence-corrected chi connectivity index (χ1v) is 7.25. The van der Waals surface area contributed by atoms with Gasteiger partial charge in [-0.1, -0.05) is 38.0 Å². The summed E-state index contributed by atoms with van der Waals surface area (Å²) in [6.07, 6.45) is 4.68. The molecule has 5 heteroatoms. The summed E-state index contributed by atoms with van der Waals surface area (Å²) in [7, 11) is 0. The van der Waals surface area contributed by atoms with Gasteiger partial charge in [-0.15, -0.1) is 0 Å². The molecule has 3 N–H and O–H groups in total. The molecule has 0 saturated heterocycles. The number of carbonyl (C=O) groups excluding carboxylic acids is 1. The second kappa shape index (κ2) is 4.88. The van der Waals surface area contributed by atoms with Gasteiger partial charge >= 0.3 is 0 Å². The van der Waals surface area contributed by atoms with E-state index in [2.05, 4.69) is 24.1 Å². The summed E-state index contributed by atoms with van der Waals surface area (Å²) in [5.74, 6) is -0.0262. The molecule has 0 aromatic carbocycles. The third-order valence-electron chi connectivity index (χ3n) is 3.83. The van der Waals surface area contributed by atoms with Crippen molar-refractivity contribution in [2.75, 3.05) is 5.73 Å². The molecule has 1 aliphatic carbocycles. The van der Waals surface area contributed by atoms with Crippen molar-refractivity contribution >= 4 is 22.4 Å². The molecule has 1 aliphatic rings. The number of hydrogen-bond donors (Lipinski definition) is 2. The topological polar surface area (TPSA) is 68.0 Å². The van der Waals surface area contributed by atoms with Crippen LogP contribution < -0.4 is 11.1 Å². The Labute approximate surface area is 112 Å². The minimum Gasteiger partial charge on any atom is -0.375 e. The maximum atomic E-state index is 12.2. The predicted molar refractivity (Wildman–Crippen MR) is 74.8 cm³/mol. The van der Waals surface area contributed by atoms with Gasteiger partial charge in [0.2, 0.25) is 0 Å². The van der Waals surface area contributed by atoms with Crippen molar-refractivity contribution in [2.45, 2.75) is 52.5 Å². The molecule has 1 amide bonds. The number of nitrogen functional groups attached to an aromatic ring is 1. The Morgan fingerprint density at radius 1 is 1.50 bits per heavy atom. The highest BCUT2D eigenvalue weighted by Crippen LogP contribution is 2.35. The van der Waals surface area contributed by atoms with E-state index in [1.807, 2.05) is 6.92 Å². The van der Waals surface area contributed by atoms with Crippen molar-refractivity contribution in [1.29, 1.82) is 0 Å². The zero-order valence-corrected chi connectivity index (χ0v) is 12.1. The number of nitrogens with one attached hydrogen (secondary N) is 1. The monoisotopic (exact) mass is 267 g/mol. The summed E-state index contributed by atoms with van der Waals surface area (Å²) in [5, 5.41) is 3.61. The van der Waals surface area contributed by atoms with Gasteiger partial charge in [0, 0.05) is 6.04 Å². The highest BCUT2D eigenvalue weighted by atomic mass is 32.1. The van der Waals surface area contributed by atoms with Crippen LogP contribution in [0.5, 0.6) is 0 Å². The van der Waals surface area contributed by atoms with Crippen LogP contribution in [0, 0.1) is 12.3 Å². The third-order valence-corrected chi connectivity index (χ3v) is 4.82. The van der Waals surface area contributed by atoms with Crippen LogP contribution in [0.4, 0.5) is 5.13 Å². The van der Waals surface area contributed by atoms with Crippen LogP contribution >= 0.6 is 11.3 Å². The van der Waals surface area contributed by atoms with Crippen LogP contribution in [0.1, 0.15) is 54.9 Å². The van der Waals surface area contributed by atoms with E-state index in [1.54, 1.807) is 0 Å². The average Bonchev–Trinajstić information content (AvgIpc) is 2.61. The number of thiazole rings is 1. The van der Waals surface area contributed by atoms with E-state index in [-0.39, 0.29) is 17.4 Å². The Hall–Kier alpha value is -1.10. The fourth-order valence-corrected chi connectivity index (χ4v) is 3.35. The number of rotatable bonds is 2. The number of anilines is 1. The molecule has 0 bridgehead atoms. The van der Waals surface area contributed by atoms with Crippen LogP contribution in [0.2, 0.25) is 0 Å². The van der Waals surface area contributed by atoms with Gasteiger partial charge in [-0.3, -0.25) is 4.79 Å². The summed E-state index contributed by atoms with van der Waals surface area (Å²) < 4.78 is 0. The Balaban J connectivity index is 2.09. The number of carbonyl (C=O) groups is 1. The van der Waals surface area contributed by atoms with Crippen molar-refractivity contribution < 1.29 is 4.79 Å². The SMILES string of the molecule is Cc1nc(N)sc1C(=O)NC1CCCCC1(C)C. The average molecular weight is 267 g/mol. The van der Waals surface area contributed by atoms with Gasteiger partial charge in [-0.25, -0.2) is 4.98 Å². The van der Waals surface area contributed by atoms with Crippen LogP contribution in [0.15, 0.2) is 0 Å². The summed E-state index contributed by atoms with van der Waals surface area (Å²) in [5.41, 5.74) is 6.54. The Kier molecular flexibility index (Phi) is 3.61. The molecule has 1 saturated carbocycles. The van der Waals surface area contributed by atoms with Crippen LogP contribution in [-0.4, -0.2) is 16.9 Å². The molecule has 1 heterocycles. The summed E-state index contributed by atoms with van der Waals surface area (Å²) in [4.78, 5) is 17.0. The molecule has 1 aromatic rings. The van der Waals surface area contributed by atoms with Gasteiger partial charge in [0.15, 0.2) is 5.13 Å². The lowest BCUT2D eigenvalue weighted by Crippen LogP contribution is -2.46. The van der Waals surface area contributed by atoms with Gasteiger partial charge in [-0.2, -0.15) is 0 Å². The molecular weight excluding hydrogens is 246 g/mol. The number of aromatic nitrogens is 1. The maximum Gasteiger partial charge on any atom is 0.263 e. The molecule has 2 rings (SSSR count). The summed E-state index contributed by atoms with van der Waals surface area (Å²) >= 11 is 1.27. The highest BCUT2D eigenvalue weighted by molar-refractivity contribution is 7.17. The van der Waals surface area contributed by atoms with Gasteiger partial charge in [0.05, 0.1) is 5.69 Å². The largest absolute Gasteiger partial charge is 0.375 e. The van der Waals surface area contributed by atoms with E-state index >= 15 is 0 Å². The number of nitrogens with zero attached hydrogens (tertiary/aromatic N) is 1. The third kappa shape index (κ3) is 2.66. The van der Waals surface area contributed by atoms with Gasteiger partial charge < -0.3 is 11.1 Å². The molecule has 100 valence electrons. The smallest absolute Gasteiger partial charge is 0.263 e. The van der Waals surface area contributed by atoms with E-state index in [0.29, 0.717) is 10.0 Å². The minimum absolute atomic E-state index is 0.0262. The molecule has 1 atom stereocenters. The lowest BCUT2D eigenvalue weighted by Gasteiger charge is -2.38. The summed E-state index contributed by atoms with van der Waals surface area (Å²) in [6.45, 7) is 6.28. The van der Waals surface area contributed by atoms with E-state index < -0.39 is 0 Å². The molecule has 0 radical (unpaired) electrons. The first-order valence-electron chi connectivity index (χ1n) is 6.44. The number of nitrogens with two attached hydrogens (primary N) is 1. The highest BCUT2D eigenvalue weighted by Gasteiger charge is 2.33. The molecule has 1 fully saturated rings. The predicted octanol–water partition coefficient (Wildman–Crippen LogP) is 2.73. The first kappa shape index (κ1) is 13.3. The molecule has 18 heavy (non-hydrogen) atoms. The van der Waals surface area contributed by atoms with Crippen molar-refractivity contribution in [3.63, 3.8) is 0 Å². The first-order chi connectivity index (χ1) is 8.40. The minimum atomic E-state index is -0.0262. The zero-order valence-electron chi connectivity index (χ0n) is 11.2. The standard InChI is InChI=1S/C13H21N3OS/c1-8-10(18-12(14)15-8)11(17)16-9-6-4-5-7-13(9,2)3/h9H,4-7H2,1-3H3,(H2,14,15)(H,16,17). The van der Waals surface area contributed by atoms with Gasteiger partial charge in [0.1, 0.15) is 4.88 Å². The number of amides is 1. The Morgan fingerprint density at radius 2 is 2.22 bits per heavy atom. The maximum absolute atomic E-state index is 12.2. The molecule has 4 nitrogen and oxygen atoms in total. The van der Waals surface area contributed by atoms with E-state index in [4.69, 9.17) is 5.73 Å². The quantitative estimate of drug-likeness (QED) is 0.865.